The third-order valence-corrected chi connectivity index (χ3v) is 4.71. The summed E-state index contributed by atoms with van der Waals surface area (Å²) in [6.07, 6.45) is 0. The second-order valence-electron chi connectivity index (χ2n) is 6.09. The van der Waals surface area contributed by atoms with Crippen LogP contribution in [-0.2, 0) is 0 Å². The molecule has 1 heterocycles. The molecule has 0 saturated heterocycles. The molecule has 0 aliphatic rings. The largest absolute Gasteiger partial charge is 0.339 e. The van der Waals surface area contributed by atoms with E-state index in [1.54, 1.807) is 4.90 Å². The van der Waals surface area contributed by atoms with Crippen molar-refractivity contribution in [3.63, 3.8) is 0 Å². The molecule has 0 bridgehead atoms. The molecule has 0 atom stereocenters. The highest BCUT2D eigenvalue weighted by Gasteiger charge is 2.19. The number of carbonyl (C=O) groups excluding carboxylic acids is 1. The van der Waals surface area contributed by atoms with Gasteiger partial charge in [0.1, 0.15) is 0 Å². The Morgan fingerprint density at radius 3 is 2.42 bits per heavy atom. The Bertz CT molecular complexity index is 888. The maximum Gasteiger partial charge on any atom is 0.254 e. The summed E-state index contributed by atoms with van der Waals surface area (Å²) in [6, 6.07) is 17.8. The molecule has 3 aromatic rings. The lowest BCUT2D eigenvalue weighted by Gasteiger charge is -2.22. The van der Waals surface area contributed by atoms with Crippen LogP contribution in [-0.4, -0.2) is 28.9 Å². The number of para-hydroxylation sites is 1. The van der Waals surface area contributed by atoms with Crippen molar-refractivity contribution in [3.8, 4) is 11.3 Å². The molecule has 0 unspecified atom stereocenters. The number of amides is 1. The van der Waals surface area contributed by atoms with Crippen molar-refractivity contribution in [2.75, 3.05) is 7.05 Å². The van der Waals surface area contributed by atoms with Crippen LogP contribution in [0.5, 0.6) is 0 Å². The fourth-order valence-corrected chi connectivity index (χ4v) is 2.81. The van der Waals surface area contributed by atoms with Crippen LogP contribution in [0.4, 0.5) is 0 Å². The molecule has 0 spiro atoms. The van der Waals surface area contributed by atoms with Crippen LogP contribution in [0.1, 0.15) is 24.2 Å². The second kappa shape index (κ2) is 6.73. The molecular formula is C20H19BrN2O. The van der Waals surface area contributed by atoms with Gasteiger partial charge in [-0.25, -0.2) is 4.98 Å². The fourth-order valence-electron chi connectivity index (χ4n) is 2.55. The fraction of sp³-hybridized carbons (Fsp3) is 0.200. The third kappa shape index (κ3) is 3.20. The van der Waals surface area contributed by atoms with E-state index >= 15 is 0 Å². The van der Waals surface area contributed by atoms with Crippen LogP contribution in [0.15, 0.2) is 59.1 Å². The Morgan fingerprint density at radius 2 is 1.75 bits per heavy atom. The van der Waals surface area contributed by atoms with E-state index in [0.29, 0.717) is 5.56 Å². The van der Waals surface area contributed by atoms with E-state index in [2.05, 4.69) is 15.9 Å². The molecule has 1 aromatic heterocycles. The summed E-state index contributed by atoms with van der Waals surface area (Å²) in [6.45, 7) is 4.02. The standard InChI is InChI=1S/C20H19BrN2O/c1-13(2)23(3)20(24)17-12-19(14-8-10-15(21)11-9-14)22-18-7-5-4-6-16(17)18/h4-13H,1-3H3. The summed E-state index contributed by atoms with van der Waals surface area (Å²) >= 11 is 3.45. The minimum Gasteiger partial charge on any atom is -0.339 e. The lowest BCUT2D eigenvalue weighted by atomic mass is 10.0. The zero-order chi connectivity index (χ0) is 17.3. The van der Waals surface area contributed by atoms with Crippen molar-refractivity contribution in [3.05, 3.63) is 64.6 Å². The SMILES string of the molecule is CC(C)N(C)C(=O)c1cc(-c2ccc(Br)cc2)nc2ccccc12. The van der Waals surface area contributed by atoms with Crippen LogP contribution in [0.3, 0.4) is 0 Å². The second-order valence-corrected chi connectivity index (χ2v) is 7.00. The van der Waals surface area contributed by atoms with Gasteiger partial charge in [0.25, 0.3) is 5.91 Å². The molecular weight excluding hydrogens is 364 g/mol. The van der Waals surface area contributed by atoms with Gasteiger partial charge in [-0.2, -0.15) is 0 Å². The van der Waals surface area contributed by atoms with Gasteiger partial charge in [0.15, 0.2) is 0 Å². The summed E-state index contributed by atoms with van der Waals surface area (Å²) in [5.74, 6) is 0.0157. The van der Waals surface area contributed by atoms with Crippen LogP contribution in [0.2, 0.25) is 0 Å². The monoisotopic (exact) mass is 382 g/mol. The Morgan fingerprint density at radius 1 is 1.08 bits per heavy atom. The number of fused-ring (bicyclic) bond motifs is 1. The molecule has 0 aliphatic carbocycles. The molecule has 3 nitrogen and oxygen atoms in total. The van der Waals surface area contributed by atoms with Crippen LogP contribution >= 0.6 is 15.9 Å². The number of aromatic nitrogens is 1. The molecule has 0 radical (unpaired) electrons. The molecule has 1 amide bonds. The van der Waals surface area contributed by atoms with Gasteiger partial charge in [-0.3, -0.25) is 4.79 Å². The predicted octanol–water partition coefficient (Wildman–Crippen LogP) is 5.14. The number of halogens is 1. The van der Waals surface area contributed by atoms with Gasteiger partial charge in [0.05, 0.1) is 16.8 Å². The van der Waals surface area contributed by atoms with Crippen molar-refractivity contribution in [1.82, 2.24) is 9.88 Å². The zero-order valence-corrected chi connectivity index (χ0v) is 15.5. The van der Waals surface area contributed by atoms with E-state index in [4.69, 9.17) is 4.98 Å². The van der Waals surface area contributed by atoms with E-state index in [1.165, 1.54) is 0 Å². The minimum atomic E-state index is 0.0157. The number of hydrogen-bond donors (Lipinski definition) is 0. The lowest BCUT2D eigenvalue weighted by molar-refractivity contribution is 0.0757. The maximum atomic E-state index is 12.9. The molecule has 0 saturated carbocycles. The van der Waals surface area contributed by atoms with Crippen LogP contribution in [0.25, 0.3) is 22.2 Å². The summed E-state index contributed by atoms with van der Waals surface area (Å²) in [5.41, 5.74) is 3.32. The Hall–Kier alpha value is -2.20. The van der Waals surface area contributed by atoms with Crippen LogP contribution in [0, 0.1) is 0 Å². The van der Waals surface area contributed by atoms with Gasteiger partial charge in [-0.1, -0.05) is 46.3 Å². The molecule has 122 valence electrons. The number of benzene rings is 2. The van der Waals surface area contributed by atoms with Crippen molar-refractivity contribution >= 4 is 32.7 Å². The predicted molar refractivity (Wildman–Crippen MR) is 102 cm³/mol. The highest BCUT2D eigenvalue weighted by Crippen LogP contribution is 2.27. The topological polar surface area (TPSA) is 33.2 Å². The molecule has 2 aromatic carbocycles. The first-order valence-corrected chi connectivity index (χ1v) is 8.69. The summed E-state index contributed by atoms with van der Waals surface area (Å²) in [4.78, 5) is 19.4. The molecule has 24 heavy (non-hydrogen) atoms. The highest BCUT2D eigenvalue weighted by atomic mass is 79.9. The van der Waals surface area contributed by atoms with E-state index in [-0.39, 0.29) is 11.9 Å². The van der Waals surface area contributed by atoms with Crippen molar-refractivity contribution in [2.24, 2.45) is 0 Å². The van der Waals surface area contributed by atoms with E-state index in [9.17, 15) is 4.79 Å². The van der Waals surface area contributed by atoms with E-state index in [1.807, 2.05) is 75.5 Å². The molecule has 4 heteroatoms. The Labute approximate surface area is 150 Å². The van der Waals surface area contributed by atoms with E-state index < -0.39 is 0 Å². The van der Waals surface area contributed by atoms with Gasteiger partial charge in [0, 0.05) is 28.5 Å². The summed E-state index contributed by atoms with van der Waals surface area (Å²) < 4.78 is 1.02. The molecule has 0 N–H and O–H groups in total. The number of hydrogen-bond acceptors (Lipinski definition) is 2. The first-order valence-electron chi connectivity index (χ1n) is 7.90. The number of carbonyl (C=O) groups is 1. The van der Waals surface area contributed by atoms with Crippen molar-refractivity contribution < 1.29 is 4.79 Å². The zero-order valence-electron chi connectivity index (χ0n) is 14.0. The number of nitrogens with zero attached hydrogens (tertiary/aromatic N) is 2. The maximum absolute atomic E-state index is 12.9. The quantitative estimate of drug-likeness (QED) is 0.627. The first kappa shape index (κ1) is 16.7. The van der Waals surface area contributed by atoms with E-state index in [0.717, 1.165) is 26.6 Å². The third-order valence-electron chi connectivity index (χ3n) is 4.18. The number of rotatable bonds is 3. The van der Waals surface area contributed by atoms with Gasteiger partial charge in [-0.05, 0) is 38.1 Å². The molecule has 0 aliphatic heterocycles. The van der Waals surface area contributed by atoms with Crippen molar-refractivity contribution in [1.29, 1.82) is 0 Å². The Kier molecular flexibility index (Phi) is 4.67. The average molecular weight is 383 g/mol. The minimum absolute atomic E-state index is 0.0157. The summed E-state index contributed by atoms with van der Waals surface area (Å²) in [5, 5.41) is 0.885. The highest BCUT2D eigenvalue weighted by molar-refractivity contribution is 9.10. The normalized spacial score (nSPS) is 11.0. The van der Waals surface area contributed by atoms with Crippen molar-refractivity contribution in [2.45, 2.75) is 19.9 Å². The van der Waals surface area contributed by atoms with Gasteiger partial charge < -0.3 is 4.90 Å². The average Bonchev–Trinajstić information content (AvgIpc) is 2.60. The van der Waals surface area contributed by atoms with Gasteiger partial charge in [0.2, 0.25) is 0 Å². The lowest BCUT2D eigenvalue weighted by Crippen LogP contribution is -2.33. The smallest absolute Gasteiger partial charge is 0.254 e. The van der Waals surface area contributed by atoms with Gasteiger partial charge in [-0.15, -0.1) is 0 Å². The molecule has 3 rings (SSSR count). The number of pyridine rings is 1. The molecule has 0 fully saturated rings. The van der Waals surface area contributed by atoms with Gasteiger partial charge >= 0.3 is 0 Å². The first-order chi connectivity index (χ1) is 11.5. The Balaban J connectivity index is 2.20. The summed E-state index contributed by atoms with van der Waals surface area (Å²) in [7, 11) is 1.83. The van der Waals surface area contributed by atoms with Crippen LogP contribution < -0.4 is 0 Å².